The summed E-state index contributed by atoms with van der Waals surface area (Å²) in [5.74, 6) is -3.19. The van der Waals surface area contributed by atoms with Crippen LogP contribution in [0.2, 0.25) is 0 Å². The van der Waals surface area contributed by atoms with Crippen LogP contribution >= 0.6 is 0 Å². The van der Waals surface area contributed by atoms with E-state index in [4.69, 9.17) is 5.11 Å². The van der Waals surface area contributed by atoms with Crippen molar-refractivity contribution in [1.29, 1.82) is 0 Å². The van der Waals surface area contributed by atoms with Crippen molar-refractivity contribution in [3.05, 3.63) is 29.3 Å². The van der Waals surface area contributed by atoms with Gasteiger partial charge in [-0.05, 0) is 12.1 Å². The highest BCUT2D eigenvalue weighted by atomic mass is 19.4. The number of rotatable bonds is 1. The first kappa shape index (κ1) is 10.4. The van der Waals surface area contributed by atoms with Crippen LogP contribution in [-0.4, -0.2) is 16.1 Å². The van der Waals surface area contributed by atoms with Crippen molar-refractivity contribution in [2.24, 2.45) is 0 Å². The topological polar surface area (TPSA) is 50.2 Å². The number of carboxylic acid groups (broad SMARTS) is 1. The molecule has 0 aliphatic heterocycles. The second-order valence-electron chi connectivity index (χ2n) is 2.33. The van der Waals surface area contributed by atoms with E-state index in [1.165, 1.54) is 0 Å². The lowest BCUT2D eigenvalue weighted by molar-refractivity contribution is -0.138. The highest BCUT2D eigenvalue weighted by Gasteiger charge is 2.36. The SMILES string of the molecule is O=C(O)c1nc(F)ccc1C(F)(F)F. The molecule has 0 atom stereocenters. The monoisotopic (exact) mass is 209 g/mol. The fourth-order valence-electron chi connectivity index (χ4n) is 0.827. The molecule has 0 saturated carbocycles. The Morgan fingerprint density at radius 1 is 1.36 bits per heavy atom. The molecule has 0 amide bonds. The Bertz CT molecular complexity index is 374. The molecule has 1 aromatic heterocycles. The van der Waals surface area contributed by atoms with E-state index in [-0.39, 0.29) is 0 Å². The molecule has 0 saturated heterocycles. The van der Waals surface area contributed by atoms with Crippen LogP contribution in [0, 0.1) is 5.95 Å². The minimum atomic E-state index is -4.85. The lowest BCUT2D eigenvalue weighted by Gasteiger charge is -2.08. The Balaban J connectivity index is 3.37. The van der Waals surface area contributed by atoms with E-state index in [0.717, 1.165) is 0 Å². The molecule has 0 aliphatic carbocycles. The zero-order chi connectivity index (χ0) is 10.9. The average molecular weight is 209 g/mol. The predicted molar refractivity (Wildman–Crippen MR) is 36.2 cm³/mol. The average Bonchev–Trinajstić information content (AvgIpc) is 2.01. The van der Waals surface area contributed by atoms with Gasteiger partial charge in [-0.3, -0.25) is 0 Å². The van der Waals surface area contributed by atoms with Gasteiger partial charge in [-0.2, -0.15) is 17.6 Å². The first-order valence-corrected chi connectivity index (χ1v) is 3.29. The second kappa shape index (κ2) is 3.24. The first-order valence-electron chi connectivity index (χ1n) is 3.29. The van der Waals surface area contributed by atoms with Gasteiger partial charge in [-0.15, -0.1) is 0 Å². The molecule has 7 heteroatoms. The van der Waals surface area contributed by atoms with Crippen LogP contribution in [0.3, 0.4) is 0 Å². The van der Waals surface area contributed by atoms with Gasteiger partial charge in [-0.25, -0.2) is 9.78 Å². The van der Waals surface area contributed by atoms with Gasteiger partial charge in [0.05, 0.1) is 5.56 Å². The van der Waals surface area contributed by atoms with E-state index in [9.17, 15) is 22.4 Å². The van der Waals surface area contributed by atoms with E-state index in [1.807, 2.05) is 0 Å². The van der Waals surface area contributed by atoms with E-state index in [1.54, 1.807) is 0 Å². The van der Waals surface area contributed by atoms with Crippen molar-refractivity contribution >= 4 is 5.97 Å². The summed E-state index contributed by atoms with van der Waals surface area (Å²) in [6.45, 7) is 0. The number of hydrogen-bond acceptors (Lipinski definition) is 2. The van der Waals surface area contributed by atoms with Crippen LogP contribution < -0.4 is 0 Å². The van der Waals surface area contributed by atoms with E-state index < -0.39 is 29.4 Å². The maximum absolute atomic E-state index is 12.4. The highest BCUT2D eigenvalue weighted by Crippen LogP contribution is 2.31. The van der Waals surface area contributed by atoms with E-state index >= 15 is 0 Å². The molecule has 0 bridgehead atoms. The molecule has 0 aromatic carbocycles. The molecule has 76 valence electrons. The second-order valence-corrected chi connectivity index (χ2v) is 2.33. The molecular weight excluding hydrogens is 206 g/mol. The molecular formula is C7H3F4NO2. The third kappa shape index (κ3) is 1.98. The van der Waals surface area contributed by atoms with Crippen LogP contribution in [0.5, 0.6) is 0 Å². The fourth-order valence-corrected chi connectivity index (χ4v) is 0.827. The number of carboxylic acids is 1. The minimum absolute atomic E-state index is 0.339. The van der Waals surface area contributed by atoms with Crippen molar-refractivity contribution in [2.75, 3.05) is 0 Å². The number of aromatic nitrogens is 1. The quantitative estimate of drug-likeness (QED) is 0.567. The summed E-state index contributed by atoms with van der Waals surface area (Å²) in [6, 6.07) is 0.793. The number of pyridine rings is 1. The minimum Gasteiger partial charge on any atom is -0.476 e. The van der Waals surface area contributed by atoms with E-state index in [0.29, 0.717) is 12.1 Å². The van der Waals surface area contributed by atoms with Crippen LogP contribution in [0.4, 0.5) is 17.6 Å². The number of aromatic carboxylic acids is 1. The summed E-state index contributed by atoms with van der Waals surface area (Å²) in [4.78, 5) is 12.9. The summed E-state index contributed by atoms with van der Waals surface area (Å²) >= 11 is 0. The number of alkyl halides is 3. The van der Waals surface area contributed by atoms with Crippen molar-refractivity contribution < 1.29 is 27.5 Å². The standard InChI is InChI=1S/C7H3F4NO2/c8-4-2-1-3(7(9,10)11)5(12-4)6(13)14/h1-2H,(H,13,14). The van der Waals surface area contributed by atoms with Crippen molar-refractivity contribution in [3.8, 4) is 0 Å². The Morgan fingerprint density at radius 3 is 2.36 bits per heavy atom. The molecule has 0 aliphatic rings. The van der Waals surface area contributed by atoms with Crippen molar-refractivity contribution in [1.82, 2.24) is 4.98 Å². The maximum Gasteiger partial charge on any atom is 0.418 e. The van der Waals surface area contributed by atoms with E-state index in [2.05, 4.69) is 4.98 Å². The molecule has 1 rings (SSSR count). The Labute approximate surface area is 75.0 Å². The molecule has 0 radical (unpaired) electrons. The lowest BCUT2D eigenvalue weighted by Crippen LogP contribution is -2.15. The lowest BCUT2D eigenvalue weighted by atomic mass is 10.2. The van der Waals surface area contributed by atoms with Crippen LogP contribution in [0.1, 0.15) is 16.1 Å². The van der Waals surface area contributed by atoms with Gasteiger partial charge in [-0.1, -0.05) is 0 Å². The number of halogens is 4. The Kier molecular flexibility index (Phi) is 2.41. The zero-order valence-corrected chi connectivity index (χ0v) is 6.47. The van der Waals surface area contributed by atoms with Crippen molar-refractivity contribution in [3.63, 3.8) is 0 Å². The molecule has 14 heavy (non-hydrogen) atoms. The van der Waals surface area contributed by atoms with Crippen LogP contribution in [0.15, 0.2) is 12.1 Å². The molecule has 3 nitrogen and oxygen atoms in total. The Hall–Kier alpha value is -1.66. The summed E-state index contributed by atoms with van der Waals surface area (Å²) < 4.78 is 48.7. The largest absolute Gasteiger partial charge is 0.476 e. The summed E-state index contributed by atoms with van der Waals surface area (Å²) in [7, 11) is 0. The van der Waals surface area contributed by atoms with Gasteiger partial charge in [0.25, 0.3) is 0 Å². The summed E-state index contributed by atoms with van der Waals surface area (Å²) in [5, 5.41) is 8.32. The third-order valence-electron chi connectivity index (χ3n) is 1.37. The van der Waals surface area contributed by atoms with Gasteiger partial charge in [0.2, 0.25) is 5.95 Å². The van der Waals surface area contributed by atoms with Crippen LogP contribution in [0.25, 0.3) is 0 Å². The fraction of sp³-hybridized carbons (Fsp3) is 0.143. The highest BCUT2D eigenvalue weighted by molar-refractivity contribution is 5.87. The summed E-state index contributed by atoms with van der Waals surface area (Å²) in [5.41, 5.74) is -2.80. The van der Waals surface area contributed by atoms with Crippen molar-refractivity contribution in [2.45, 2.75) is 6.18 Å². The molecule has 0 unspecified atom stereocenters. The van der Waals surface area contributed by atoms with Crippen LogP contribution in [-0.2, 0) is 6.18 Å². The van der Waals surface area contributed by atoms with Gasteiger partial charge in [0.1, 0.15) is 0 Å². The smallest absolute Gasteiger partial charge is 0.418 e. The zero-order valence-electron chi connectivity index (χ0n) is 6.47. The first-order chi connectivity index (χ1) is 6.32. The van der Waals surface area contributed by atoms with Gasteiger partial charge in [0, 0.05) is 0 Å². The molecule has 1 heterocycles. The Morgan fingerprint density at radius 2 is 1.93 bits per heavy atom. The molecule has 0 fully saturated rings. The van der Waals surface area contributed by atoms with Gasteiger partial charge >= 0.3 is 12.1 Å². The number of hydrogen-bond donors (Lipinski definition) is 1. The van der Waals surface area contributed by atoms with Gasteiger partial charge in [0.15, 0.2) is 5.69 Å². The predicted octanol–water partition coefficient (Wildman–Crippen LogP) is 1.94. The maximum atomic E-state index is 12.4. The molecule has 0 spiro atoms. The number of nitrogens with zero attached hydrogens (tertiary/aromatic N) is 1. The number of carbonyl (C=O) groups is 1. The molecule has 1 aromatic rings. The van der Waals surface area contributed by atoms with Gasteiger partial charge < -0.3 is 5.11 Å². The third-order valence-corrected chi connectivity index (χ3v) is 1.37. The normalized spacial score (nSPS) is 11.4. The summed E-state index contributed by atoms with van der Waals surface area (Å²) in [6.07, 6.45) is -4.85. The molecule has 1 N–H and O–H groups in total.